The molecule has 2 aromatic carbocycles. The number of amides is 1. The second-order valence-corrected chi connectivity index (χ2v) is 7.36. The summed E-state index contributed by atoms with van der Waals surface area (Å²) in [6.07, 6.45) is 0. The molecule has 2 heterocycles. The van der Waals surface area contributed by atoms with Crippen LogP contribution in [0, 0.1) is 0 Å². The van der Waals surface area contributed by atoms with E-state index >= 15 is 0 Å². The molecule has 0 aliphatic carbocycles. The Labute approximate surface area is 179 Å². The van der Waals surface area contributed by atoms with Gasteiger partial charge in [0.1, 0.15) is 5.82 Å². The molecule has 0 atom stereocenters. The average molecular weight is 428 g/mol. The fraction of sp³-hybridized carbons (Fsp3) is 0.286. The van der Waals surface area contributed by atoms with Crippen molar-refractivity contribution in [2.24, 2.45) is 0 Å². The lowest BCUT2D eigenvalue weighted by molar-refractivity contribution is 0.0746. The van der Waals surface area contributed by atoms with Crippen molar-refractivity contribution in [1.82, 2.24) is 14.9 Å². The molecule has 4 rings (SSSR count). The molecule has 9 heteroatoms. The molecule has 2 N–H and O–H groups in total. The molecular weight excluding hydrogens is 406 g/mol. The van der Waals surface area contributed by atoms with E-state index in [1.807, 2.05) is 4.90 Å². The number of aromatic nitrogens is 2. The van der Waals surface area contributed by atoms with E-state index in [1.54, 1.807) is 55.5 Å². The zero-order valence-electron chi connectivity index (χ0n) is 16.8. The van der Waals surface area contributed by atoms with Crippen LogP contribution in [0.4, 0.5) is 11.8 Å². The molecule has 0 unspecified atom stereocenters. The first-order valence-electron chi connectivity index (χ1n) is 9.49. The number of nitrogen functional groups attached to an aromatic ring is 1. The van der Waals surface area contributed by atoms with Gasteiger partial charge in [-0.2, -0.15) is 4.98 Å². The van der Waals surface area contributed by atoms with Crippen LogP contribution in [-0.4, -0.2) is 61.2 Å². The minimum Gasteiger partial charge on any atom is -0.493 e. The molecule has 1 aromatic heterocycles. The van der Waals surface area contributed by atoms with E-state index in [-0.39, 0.29) is 5.91 Å². The van der Waals surface area contributed by atoms with Crippen LogP contribution < -0.4 is 20.1 Å². The number of nitrogens with two attached hydrogens (primary N) is 1. The zero-order chi connectivity index (χ0) is 21.3. The van der Waals surface area contributed by atoms with E-state index in [9.17, 15) is 4.79 Å². The largest absolute Gasteiger partial charge is 0.493 e. The minimum absolute atomic E-state index is 0.0343. The highest BCUT2D eigenvalue weighted by Gasteiger charge is 2.24. The van der Waals surface area contributed by atoms with Crippen molar-refractivity contribution in [2.75, 3.05) is 51.0 Å². The maximum Gasteiger partial charge on any atom is 0.254 e. The highest BCUT2D eigenvalue weighted by Crippen LogP contribution is 2.34. The third-order valence-corrected chi connectivity index (χ3v) is 5.38. The number of fused-ring (bicyclic) bond motifs is 1. The maximum atomic E-state index is 12.7. The Morgan fingerprint density at radius 2 is 1.73 bits per heavy atom. The first-order chi connectivity index (χ1) is 14.5. The zero-order valence-corrected chi connectivity index (χ0v) is 17.5. The van der Waals surface area contributed by atoms with Crippen molar-refractivity contribution in [1.29, 1.82) is 0 Å². The van der Waals surface area contributed by atoms with Crippen molar-refractivity contribution in [3.05, 3.63) is 47.0 Å². The Kier molecular flexibility index (Phi) is 5.50. The number of carbonyl (C=O) groups excluding carboxylic acids is 1. The highest BCUT2D eigenvalue weighted by molar-refractivity contribution is 6.30. The van der Waals surface area contributed by atoms with Crippen LogP contribution in [0.2, 0.25) is 5.02 Å². The summed E-state index contributed by atoms with van der Waals surface area (Å²) in [6, 6.07) is 10.5. The van der Waals surface area contributed by atoms with Gasteiger partial charge in [-0.3, -0.25) is 4.79 Å². The number of nitrogens with zero attached hydrogens (tertiary/aromatic N) is 4. The average Bonchev–Trinajstić information content (AvgIpc) is 2.77. The number of ether oxygens (including phenoxy) is 2. The summed E-state index contributed by atoms with van der Waals surface area (Å²) in [7, 11) is 3.14. The topological polar surface area (TPSA) is 93.8 Å². The molecule has 0 spiro atoms. The Hall–Kier alpha value is -3.26. The van der Waals surface area contributed by atoms with Crippen LogP contribution in [0.25, 0.3) is 10.9 Å². The van der Waals surface area contributed by atoms with Gasteiger partial charge < -0.3 is 25.0 Å². The third-order valence-electron chi connectivity index (χ3n) is 5.14. The van der Waals surface area contributed by atoms with E-state index in [0.717, 1.165) is 0 Å². The number of methoxy groups -OCH3 is 2. The Bertz CT molecular complexity index is 1100. The minimum atomic E-state index is -0.0343. The summed E-state index contributed by atoms with van der Waals surface area (Å²) in [5.74, 6) is 2.01. The predicted molar refractivity (Wildman–Crippen MR) is 117 cm³/mol. The van der Waals surface area contributed by atoms with E-state index in [2.05, 4.69) is 9.97 Å². The monoisotopic (exact) mass is 427 g/mol. The molecule has 30 heavy (non-hydrogen) atoms. The van der Waals surface area contributed by atoms with Crippen LogP contribution in [0.3, 0.4) is 0 Å². The summed E-state index contributed by atoms with van der Waals surface area (Å²) >= 11 is 6.01. The summed E-state index contributed by atoms with van der Waals surface area (Å²) < 4.78 is 10.7. The second-order valence-electron chi connectivity index (χ2n) is 6.92. The molecule has 3 aromatic rings. The first kappa shape index (κ1) is 20.0. The molecule has 156 valence electrons. The van der Waals surface area contributed by atoms with E-state index in [4.69, 9.17) is 26.8 Å². The van der Waals surface area contributed by atoms with Gasteiger partial charge in [-0.15, -0.1) is 0 Å². The molecule has 0 bridgehead atoms. The molecule has 1 amide bonds. The van der Waals surface area contributed by atoms with Gasteiger partial charge in [-0.1, -0.05) is 17.7 Å². The van der Waals surface area contributed by atoms with Crippen LogP contribution in [0.5, 0.6) is 11.5 Å². The van der Waals surface area contributed by atoms with Gasteiger partial charge in [0.15, 0.2) is 11.5 Å². The number of benzene rings is 2. The number of hydrogen-bond donors (Lipinski definition) is 1. The second kappa shape index (κ2) is 8.23. The fourth-order valence-corrected chi connectivity index (χ4v) is 3.71. The third kappa shape index (κ3) is 3.78. The number of rotatable bonds is 4. The Morgan fingerprint density at radius 3 is 2.40 bits per heavy atom. The fourth-order valence-electron chi connectivity index (χ4n) is 3.52. The van der Waals surface area contributed by atoms with Gasteiger partial charge in [0.2, 0.25) is 5.95 Å². The van der Waals surface area contributed by atoms with Crippen molar-refractivity contribution < 1.29 is 14.3 Å². The van der Waals surface area contributed by atoms with Crippen molar-refractivity contribution in [2.45, 2.75) is 0 Å². The number of carbonyl (C=O) groups is 1. The highest BCUT2D eigenvalue weighted by atomic mass is 35.5. The van der Waals surface area contributed by atoms with Crippen molar-refractivity contribution in [3.63, 3.8) is 0 Å². The molecule has 1 aliphatic rings. The number of piperazine rings is 1. The Balaban J connectivity index is 1.53. The van der Waals surface area contributed by atoms with E-state index < -0.39 is 0 Å². The number of hydrogen-bond acceptors (Lipinski definition) is 7. The van der Waals surface area contributed by atoms with Gasteiger partial charge in [0.05, 0.1) is 19.7 Å². The molecule has 1 saturated heterocycles. The lowest BCUT2D eigenvalue weighted by Crippen LogP contribution is -2.49. The van der Waals surface area contributed by atoms with Crippen LogP contribution in [0.1, 0.15) is 10.4 Å². The molecule has 1 aliphatic heterocycles. The van der Waals surface area contributed by atoms with Crippen LogP contribution in [-0.2, 0) is 0 Å². The summed E-state index contributed by atoms with van der Waals surface area (Å²) in [5, 5.41) is 1.25. The lowest BCUT2D eigenvalue weighted by atomic mass is 10.2. The van der Waals surface area contributed by atoms with Gasteiger partial charge in [-0.25, -0.2) is 4.98 Å². The standard InChI is InChI=1S/C21H22ClN5O3/c1-29-17-11-15-16(12-18(17)30-2)24-21(25-19(15)23)27-8-6-26(7-9-27)20(28)13-4-3-5-14(22)10-13/h3-5,10-12H,6-9H2,1-2H3,(H2,23,24,25). The molecule has 8 nitrogen and oxygen atoms in total. The summed E-state index contributed by atoms with van der Waals surface area (Å²) in [4.78, 5) is 25.7. The molecule has 0 saturated carbocycles. The number of anilines is 2. The first-order valence-corrected chi connectivity index (χ1v) is 9.87. The maximum absolute atomic E-state index is 12.7. The van der Waals surface area contributed by atoms with E-state index in [0.29, 0.717) is 70.9 Å². The van der Waals surface area contributed by atoms with Gasteiger partial charge in [-0.05, 0) is 24.3 Å². The molecule has 1 fully saturated rings. The predicted octanol–water partition coefficient (Wildman–Crippen LogP) is 2.85. The van der Waals surface area contributed by atoms with Crippen molar-refractivity contribution >= 4 is 40.2 Å². The lowest BCUT2D eigenvalue weighted by Gasteiger charge is -2.35. The van der Waals surface area contributed by atoms with E-state index in [1.165, 1.54) is 0 Å². The molecular formula is C21H22ClN5O3. The normalized spacial score (nSPS) is 14.1. The van der Waals surface area contributed by atoms with Gasteiger partial charge >= 0.3 is 0 Å². The quantitative estimate of drug-likeness (QED) is 0.684. The summed E-state index contributed by atoms with van der Waals surface area (Å²) in [6.45, 7) is 2.31. The summed E-state index contributed by atoms with van der Waals surface area (Å²) in [5.41, 5.74) is 7.45. The van der Waals surface area contributed by atoms with Crippen LogP contribution >= 0.6 is 11.6 Å². The van der Waals surface area contributed by atoms with Gasteiger partial charge in [0, 0.05) is 48.2 Å². The Morgan fingerprint density at radius 1 is 1.03 bits per heavy atom. The molecule has 0 radical (unpaired) electrons. The van der Waals surface area contributed by atoms with Crippen LogP contribution in [0.15, 0.2) is 36.4 Å². The van der Waals surface area contributed by atoms with Gasteiger partial charge in [0.25, 0.3) is 5.91 Å². The SMILES string of the molecule is COc1cc2nc(N3CCN(C(=O)c4cccc(Cl)c4)CC3)nc(N)c2cc1OC. The number of halogens is 1. The van der Waals surface area contributed by atoms with Crippen molar-refractivity contribution in [3.8, 4) is 11.5 Å². The smallest absolute Gasteiger partial charge is 0.254 e.